The largest absolute Gasteiger partial charge is 0.380 e. The van der Waals surface area contributed by atoms with Crippen LogP contribution in [0.15, 0.2) is 146 Å². The van der Waals surface area contributed by atoms with E-state index in [-0.39, 0.29) is 34.5 Å². The molecule has 0 spiro atoms. The van der Waals surface area contributed by atoms with E-state index in [1.54, 1.807) is 0 Å². The van der Waals surface area contributed by atoms with E-state index in [2.05, 4.69) is 114 Å². The Morgan fingerprint density at radius 2 is 0.754 bits per heavy atom. The van der Waals surface area contributed by atoms with Gasteiger partial charge in [0.25, 0.3) is 0 Å². The molecule has 12 rings (SSSR count). The van der Waals surface area contributed by atoms with Crippen molar-refractivity contribution < 1.29 is 10.2 Å². The Morgan fingerprint density at radius 3 is 1.04 bits per heavy atom. The molecule has 0 saturated heterocycles. The summed E-state index contributed by atoms with van der Waals surface area (Å²) in [4.78, 5) is 11.4. The van der Waals surface area contributed by atoms with Crippen LogP contribution < -0.4 is 0 Å². The van der Waals surface area contributed by atoms with E-state index >= 15 is 0 Å². The minimum absolute atomic E-state index is 0.0197. The first-order chi connectivity index (χ1) is 27.3. The number of benzene rings is 4. The molecular formula is C53H54N2O2. The van der Waals surface area contributed by atoms with Crippen molar-refractivity contribution in [3.63, 3.8) is 0 Å². The molecule has 0 aliphatic heterocycles. The van der Waals surface area contributed by atoms with Crippen molar-refractivity contribution in [3.05, 3.63) is 202 Å². The van der Waals surface area contributed by atoms with E-state index in [0.29, 0.717) is 11.8 Å². The third-order valence-corrected chi connectivity index (χ3v) is 15.8. The van der Waals surface area contributed by atoms with Crippen LogP contribution in [0.4, 0.5) is 0 Å². The molecule has 57 heavy (non-hydrogen) atoms. The van der Waals surface area contributed by atoms with E-state index in [1.807, 2.05) is 72.8 Å². The lowest BCUT2D eigenvalue weighted by Gasteiger charge is -2.63. The average molecular weight is 751 g/mol. The smallest absolute Gasteiger partial charge is 0.123 e. The van der Waals surface area contributed by atoms with E-state index in [0.717, 1.165) is 57.9 Å². The summed E-state index contributed by atoms with van der Waals surface area (Å²) in [5, 5.41) is 26.8. The number of aromatic nitrogens is 2. The lowest BCUT2D eigenvalue weighted by atomic mass is 9.42. The Kier molecular flexibility index (Phi) is 8.02. The van der Waals surface area contributed by atoms with Gasteiger partial charge >= 0.3 is 0 Å². The minimum Gasteiger partial charge on any atom is -0.380 e. The fraction of sp³-hybridized carbons (Fsp3) is 0.358. The van der Waals surface area contributed by atoms with Gasteiger partial charge < -0.3 is 10.2 Å². The van der Waals surface area contributed by atoms with Gasteiger partial charge in [0.1, 0.15) is 11.2 Å². The molecule has 6 atom stereocenters. The predicted molar refractivity (Wildman–Crippen MR) is 227 cm³/mol. The Labute approximate surface area is 338 Å². The summed E-state index contributed by atoms with van der Waals surface area (Å²) in [6.45, 7) is 14.0. The van der Waals surface area contributed by atoms with Gasteiger partial charge in [-0.3, -0.25) is 9.97 Å². The molecule has 2 saturated carbocycles. The molecule has 2 aromatic heterocycles. The molecule has 288 valence electrons. The quantitative estimate of drug-likeness (QED) is 0.163. The van der Waals surface area contributed by atoms with E-state index < -0.39 is 16.6 Å². The molecule has 2 heterocycles. The van der Waals surface area contributed by atoms with Crippen LogP contribution in [0.25, 0.3) is 0 Å². The van der Waals surface area contributed by atoms with Crippen LogP contribution >= 0.6 is 0 Å². The summed E-state index contributed by atoms with van der Waals surface area (Å²) in [6.07, 6.45) is 2.07. The maximum atomic E-state index is 13.4. The number of aliphatic hydroxyl groups is 2. The van der Waals surface area contributed by atoms with E-state index in [4.69, 9.17) is 9.97 Å². The molecule has 4 heteroatoms. The van der Waals surface area contributed by atoms with Gasteiger partial charge in [0.05, 0.1) is 22.8 Å². The lowest BCUT2D eigenvalue weighted by molar-refractivity contribution is -0.0809. The second-order valence-corrected chi connectivity index (χ2v) is 19.4. The molecule has 0 amide bonds. The van der Waals surface area contributed by atoms with Crippen LogP contribution in [0.3, 0.4) is 0 Å². The topological polar surface area (TPSA) is 66.2 Å². The number of pyridine rings is 2. The zero-order valence-corrected chi connectivity index (χ0v) is 34.0. The van der Waals surface area contributed by atoms with Gasteiger partial charge in [-0.25, -0.2) is 0 Å². The van der Waals surface area contributed by atoms with Crippen LogP contribution in [-0.4, -0.2) is 20.2 Å². The van der Waals surface area contributed by atoms with Crippen molar-refractivity contribution in [2.75, 3.05) is 0 Å². The van der Waals surface area contributed by atoms with E-state index in [9.17, 15) is 10.2 Å². The predicted octanol–water partition coefficient (Wildman–Crippen LogP) is 11.1. The molecule has 2 fully saturated rings. The van der Waals surface area contributed by atoms with Gasteiger partial charge in [-0.2, -0.15) is 0 Å². The van der Waals surface area contributed by atoms with Crippen LogP contribution in [0.5, 0.6) is 0 Å². The molecule has 2 N–H and O–H groups in total. The highest BCUT2D eigenvalue weighted by molar-refractivity contribution is 5.52. The number of nitrogens with zero attached hydrogens (tertiary/aromatic N) is 2. The van der Waals surface area contributed by atoms with Crippen LogP contribution in [0, 0.1) is 22.7 Å². The number of hydrogen-bond donors (Lipinski definition) is 2. The minimum atomic E-state index is -1.27. The summed E-state index contributed by atoms with van der Waals surface area (Å²) in [5.41, 5.74) is 6.94. The molecule has 4 bridgehead atoms. The van der Waals surface area contributed by atoms with Gasteiger partial charge in [-0.05, 0) is 107 Å². The second kappa shape index (κ2) is 12.5. The second-order valence-electron chi connectivity index (χ2n) is 19.4. The molecule has 0 radical (unpaired) electrons. The molecule has 6 aliphatic rings. The van der Waals surface area contributed by atoms with Gasteiger partial charge in [0, 0.05) is 17.3 Å². The molecule has 0 unspecified atom stereocenters. The standard InChI is InChI=1S/C53H54N2O2/c1-49(2)39-31-41(49)45(52(56,33-19-11-7-12-20-33)34-21-13-8-14-22-34)47-37(39)27-29-43(54-47)51(5,6)44-30-28-38-40-32-42(50(40,3)4)46(48(38)55-44)53(57,35-23-15-9-16-24-35)36-25-17-10-18-26-36/h7-30,39-42,45-46,56-57H,31-32H2,1-6H3/t39-,40-,41+,42+,45-,46-/m1/s1. The summed E-state index contributed by atoms with van der Waals surface area (Å²) < 4.78 is 0. The number of hydrogen-bond acceptors (Lipinski definition) is 4. The average Bonchev–Trinajstić information content (AvgIpc) is 3.25. The molecule has 4 nitrogen and oxygen atoms in total. The van der Waals surface area contributed by atoms with Crippen molar-refractivity contribution in [1.82, 2.24) is 9.97 Å². The van der Waals surface area contributed by atoms with Crippen molar-refractivity contribution in [2.24, 2.45) is 22.7 Å². The molecule has 4 aromatic carbocycles. The highest BCUT2D eigenvalue weighted by Gasteiger charge is 2.64. The van der Waals surface area contributed by atoms with E-state index in [1.165, 1.54) is 11.1 Å². The Balaban J connectivity index is 1.13. The third-order valence-electron chi connectivity index (χ3n) is 15.8. The SMILES string of the molecule is CC(C)(c1ccc2c(n1)[C@H](C(O)(c1ccccc1)c1ccccc1)[C@@H]1C[C@H]2C1(C)C)c1ccc2c(n1)[C@H](C(O)(c1ccccc1)c1ccccc1)[C@@H]1C[C@H]2C1(C)C. The van der Waals surface area contributed by atoms with Crippen molar-refractivity contribution in [3.8, 4) is 0 Å². The fourth-order valence-corrected chi connectivity index (χ4v) is 12.2. The first kappa shape index (κ1) is 36.4. The Bertz CT molecular complexity index is 2210. The Morgan fingerprint density at radius 1 is 0.456 bits per heavy atom. The summed E-state index contributed by atoms with van der Waals surface area (Å²) in [6, 6.07) is 50.0. The van der Waals surface area contributed by atoms with Gasteiger partial charge in [-0.15, -0.1) is 0 Å². The molecule has 6 aliphatic carbocycles. The van der Waals surface area contributed by atoms with Crippen LogP contribution in [0.2, 0.25) is 0 Å². The van der Waals surface area contributed by atoms with Crippen molar-refractivity contribution in [2.45, 2.75) is 94.7 Å². The lowest BCUT2D eigenvalue weighted by Crippen LogP contribution is -2.56. The normalized spacial score (nSPS) is 25.3. The Hall–Kier alpha value is -4.90. The molecular weight excluding hydrogens is 697 g/mol. The van der Waals surface area contributed by atoms with Gasteiger partial charge in [0.15, 0.2) is 0 Å². The van der Waals surface area contributed by atoms with Gasteiger partial charge in [0.2, 0.25) is 0 Å². The highest BCUT2D eigenvalue weighted by atomic mass is 16.3. The zero-order valence-electron chi connectivity index (χ0n) is 34.0. The summed E-state index contributed by atoms with van der Waals surface area (Å²) >= 11 is 0. The third kappa shape index (κ3) is 4.99. The van der Waals surface area contributed by atoms with Crippen LogP contribution in [0.1, 0.15) is 134 Å². The maximum absolute atomic E-state index is 13.4. The summed E-state index contributed by atoms with van der Waals surface area (Å²) in [5.74, 6) is 0.793. The first-order valence-corrected chi connectivity index (χ1v) is 21.0. The van der Waals surface area contributed by atoms with Gasteiger partial charge in [-0.1, -0.05) is 161 Å². The van der Waals surface area contributed by atoms with Crippen molar-refractivity contribution in [1.29, 1.82) is 0 Å². The monoisotopic (exact) mass is 750 g/mol. The van der Waals surface area contributed by atoms with Crippen molar-refractivity contribution >= 4 is 0 Å². The van der Waals surface area contributed by atoms with Crippen LogP contribution in [-0.2, 0) is 16.6 Å². The summed E-state index contributed by atoms with van der Waals surface area (Å²) in [7, 11) is 0. The zero-order chi connectivity index (χ0) is 39.5. The molecule has 6 aromatic rings. The first-order valence-electron chi connectivity index (χ1n) is 21.0. The number of rotatable bonds is 8. The fourth-order valence-electron chi connectivity index (χ4n) is 12.2. The highest BCUT2D eigenvalue weighted by Crippen LogP contribution is 2.71. The maximum Gasteiger partial charge on any atom is 0.123 e.